The standard InChI is InChI=1S/C11H18F3NO2/c1-8(2)10(9(16)17)3-5-15(7-10)6-4-11(12,13)14/h8H,3-7H2,1-2H3,(H,16,17). The van der Waals surface area contributed by atoms with Crippen LogP contribution in [-0.2, 0) is 4.79 Å². The molecule has 1 N–H and O–H groups in total. The highest BCUT2D eigenvalue weighted by molar-refractivity contribution is 5.75. The largest absolute Gasteiger partial charge is 0.481 e. The van der Waals surface area contributed by atoms with Gasteiger partial charge in [0.1, 0.15) is 0 Å². The maximum Gasteiger partial charge on any atom is 0.390 e. The molecule has 0 amide bonds. The molecule has 1 fully saturated rings. The first kappa shape index (κ1) is 14.3. The van der Waals surface area contributed by atoms with E-state index in [1.54, 1.807) is 18.7 Å². The number of nitrogens with zero attached hydrogens (tertiary/aromatic N) is 1. The normalized spacial score (nSPS) is 26.7. The van der Waals surface area contributed by atoms with E-state index in [-0.39, 0.29) is 19.0 Å². The highest BCUT2D eigenvalue weighted by atomic mass is 19.4. The average Bonchev–Trinajstić information content (AvgIpc) is 2.58. The van der Waals surface area contributed by atoms with Crippen LogP contribution < -0.4 is 0 Å². The number of hydrogen-bond acceptors (Lipinski definition) is 2. The van der Waals surface area contributed by atoms with E-state index >= 15 is 0 Å². The van der Waals surface area contributed by atoms with Crippen molar-refractivity contribution in [3.63, 3.8) is 0 Å². The predicted octanol–water partition coefficient (Wildman–Crippen LogP) is 2.37. The van der Waals surface area contributed by atoms with Gasteiger partial charge in [0.15, 0.2) is 0 Å². The van der Waals surface area contributed by atoms with Crippen LogP contribution in [0.15, 0.2) is 0 Å². The van der Waals surface area contributed by atoms with Gasteiger partial charge in [0.25, 0.3) is 0 Å². The maximum atomic E-state index is 12.1. The molecule has 1 atom stereocenters. The molecule has 1 aliphatic heterocycles. The highest BCUT2D eigenvalue weighted by Crippen LogP contribution is 2.38. The van der Waals surface area contributed by atoms with E-state index in [0.29, 0.717) is 13.0 Å². The molecule has 1 rings (SSSR count). The lowest BCUT2D eigenvalue weighted by molar-refractivity contribution is -0.151. The van der Waals surface area contributed by atoms with Gasteiger partial charge in [0.05, 0.1) is 11.8 Å². The Morgan fingerprint density at radius 2 is 2.06 bits per heavy atom. The van der Waals surface area contributed by atoms with Crippen molar-refractivity contribution in [1.82, 2.24) is 4.90 Å². The highest BCUT2D eigenvalue weighted by Gasteiger charge is 2.47. The molecule has 0 saturated carbocycles. The molecular weight excluding hydrogens is 235 g/mol. The minimum Gasteiger partial charge on any atom is -0.481 e. The monoisotopic (exact) mass is 253 g/mol. The summed E-state index contributed by atoms with van der Waals surface area (Å²) in [5.41, 5.74) is -0.883. The van der Waals surface area contributed by atoms with Crippen LogP contribution in [0.25, 0.3) is 0 Å². The molecule has 0 aromatic rings. The second kappa shape index (κ2) is 4.84. The van der Waals surface area contributed by atoms with Gasteiger partial charge in [-0.2, -0.15) is 13.2 Å². The van der Waals surface area contributed by atoms with Crippen LogP contribution in [0.2, 0.25) is 0 Å². The first-order valence-electron chi connectivity index (χ1n) is 5.70. The lowest BCUT2D eigenvalue weighted by Crippen LogP contribution is -2.39. The molecule has 1 unspecified atom stereocenters. The zero-order valence-corrected chi connectivity index (χ0v) is 10.0. The molecule has 0 aromatic heterocycles. The molecule has 17 heavy (non-hydrogen) atoms. The number of likely N-dealkylation sites (tertiary alicyclic amines) is 1. The van der Waals surface area contributed by atoms with Crippen molar-refractivity contribution in [3.8, 4) is 0 Å². The fourth-order valence-electron chi connectivity index (χ4n) is 2.28. The Bertz CT molecular complexity index is 291. The van der Waals surface area contributed by atoms with Gasteiger partial charge in [-0.15, -0.1) is 0 Å². The summed E-state index contributed by atoms with van der Waals surface area (Å²) in [7, 11) is 0. The summed E-state index contributed by atoms with van der Waals surface area (Å²) in [6, 6.07) is 0. The Balaban J connectivity index is 2.59. The van der Waals surface area contributed by atoms with Crippen molar-refractivity contribution < 1.29 is 23.1 Å². The molecular formula is C11H18F3NO2. The first-order valence-corrected chi connectivity index (χ1v) is 5.70. The number of alkyl halides is 3. The van der Waals surface area contributed by atoms with E-state index in [4.69, 9.17) is 0 Å². The first-order chi connectivity index (χ1) is 7.67. The van der Waals surface area contributed by atoms with Crippen molar-refractivity contribution in [2.75, 3.05) is 19.6 Å². The smallest absolute Gasteiger partial charge is 0.390 e. The number of carboxylic acids is 1. The van der Waals surface area contributed by atoms with Crippen LogP contribution >= 0.6 is 0 Å². The van der Waals surface area contributed by atoms with Crippen molar-refractivity contribution in [2.45, 2.75) is 32.9 Å². The summed E-state index contributed by atoms with van der Waals surface area (Å²) in [5, 5.41) is 9.23. The van der Waals surface area contributed by atoms with Gasteiger partial charge in [0.2, 0.25) is 0 Å². The molecule has 1 saturated heterocycles. The Morgan fingerprint density at radius 1 is 1.47 bits per heavy atom. The average molecular weight is 253 g/mol. The Hall–Kier alpha value is -0.780. The summed E-state index contributed by atoms with van der Waals surface area (Å²) < 4.78 is 36.2. The minimum atomic E-state index is -4.17. The summed E-state index contributed by atoms with van der Waals surface area (Å²) in [5.74, 6) is -0.974. The summed E-state index contributed by atoms with van der Waals surface area (Å²) in [6.07, 6.45) is -4.62. The van der Waals surface area contributed by atoms with Gasteiger partial charge in [0, 0.05) is 13.1 Å². The lowest BCUT2D eigenvalue weighted by atomic mass is 9.76. The number of rotatable bonds is 4. The molecule has 1 heterocycles. The van der Waals surface area contributed by atoms with Crippen LogP contribution in [0.1, 0.15) is 26.7 Å². The topological polar surface area (TPSA) is 40.5 Å². The zero-order chi connectivity index (χ0) is 13.3. The Morgan fingerprint density at radius 3 is 2.41 bits per heavy atom. The molecule has 0 bridgehead atoms. The van der Waals surface area contributed by atoms with E-state index in [9.17, 15) is 23.1 Å². The van der Waals surface area contributed by atoms with Gasteiger partial charge in [-0.1, -0.05) is 13.8 Å². The zero-order valence-electron chi connectivity index (χ0n) is 10.0. The van der Waals surface area contributed by atoms with E-state index in [1.807, 2.05) is 0 Å². The molecule has 0 aliphatic carbocycles. The van der Waals surface area contributed by atoms with Crippen molar-refractivity contribution in [3.05, 3.63) is 0 Å². The van der Waals surface area contributed by atoms with E-state index in [0.717, 1.165) is 0 Å². The van der Waals surface area contributed by atoms with Crippen LogP contribution in [0, 0.1) is 11.3 Å². The van der Waals surface area contributed by atoms with E-state index in [1.165, 1.54) is 0 Å². The second-order valence-electron chi connectivity index (χ2n) is 5.01. The molecule has 0 spiro atoms. The third kappa shape index (κ3) is 3.34. The van der Waals surface area contributed by atoms with Crippen LogP contribution in [-0.4, -0.2) is 41.8 Å². The molecule has 0 aromatic carbocycles. The number of carbonyl (C=O) groups is 1. The van der Waals surface area contributed by atoms with Crippen molar-refractivity contribution >= 4 is 5.97 Å². The Labute approximate surface area is 98.6 Å². The third-order valence-electron chi connectivity index (χ3n) is 3.62. The quantitative estimate of drug-likeness (QED) is 0.836. The molecule has 6 heteroatoms. The molecule has 100 valence electrons. The van der Waals surface area contributed by atoms with Gasteiger partial charge in [-0.25, -0.2) is 0 Å². The number of halogens is 3. The Kier molecular flexibility index (Phi) is 4.06. The predicted molar refractivity (Wildman–Crippen MR) is 56.6 cm³/mol. The van der Waals surface area contributed by atoms with Crippen LogP contribution in [0.5, 0.6) is 0 Å². The number of carboxylic acid groups (broad SMARTS) is 1. The number of aliphatic carboxylic acids is 1. The summed E-state index contributed by atoms with van der Waals surface area (Å²) in [4.78, 5) is 12.9. The maximum absolute atomic E-state index is 12.1. The lowest BCUT2D eigenvalue weighted by Gasteiger charge is -2.28. The van der Waals surface area contributed by atoms with Gasteiger partial charge < -0.3 is 10.0 Å². The van der Waals surface area contributed by atoms with Crippen LogP contribution in [0.4, 0.5) is 13.2 Å². The third-order valence-corrected chi connectivity index (χ3v) is 3.62. The fraction of sp³-hybridized carbons (Fsp3) is 0.909. The van der Waals surface area contributed by atoms with Gasteiger partial charge in [-0.05, 0) is 18.9 Å². The van der Waals surface area contributed by atoms with Crippen molar-refractivity contribution in [1.29, 1.82) is 0 Å². The summed E-state index contributed by atoms with van der Waals surface area (Å²) in [6.45, 7) is 4.16. The summed E-state index contributed by atoms with van der Waals surface area (Å²) >= 11 is 0. The number of hydrogen-bond donors (Lipinski definition) is 1. The minimum absolute atomic E-state index is 0.0733. The van der Waals surface area contributed by atoms with Gasteiger partial charge >= 0.3 is 12.1 Å². The second-order valence-corrected chi connectivity index (χ2v) is 5.01. The van der Waals surface area contributed by atoms with Crippen molar-refractivity contribution in [2.24, 2.45) is 11.3 Å². The molecule has 3 nitrogen and oxygen atoms in total. The van der Waals surface area contributed by atoms with E-state index in [2.05, 4.69) is 0 Å². The molecule has 0 radical (unpaired) electrons. The fourth-order valence-corrected chi connectivity index (χ4v) is 2.28. The molecule has 1 aliphatic rings. The SMILES string of the molecule is CC(C)C1(C(=O)O)CCN(CCC(F)(F)F)C1. The van der Waals surface area contributed by atoms with Gasteiger partial charge in [-0.3, -0.25) is 4.79 Å². The van der Waals surface area contributed by atoms with E-state index < -0.39 is 24.0 Å². The van der Waals surface area contributed by atoms with Crippen LogP contribution in [0.3, 0.4) is 0 Å².